The monoisotopic (exact) mass is 699 g/mol. The van der Waals surface area contributed by atoms with E-state index in [9.17, 15) is 19.3 Å². The smallest absolute Gasteiger partial charge is 0.407 e. The molecule has 18 heteroatoms. The van der Waals surface area contributed by atoms with E-state index in [0.717, 1.165) is 17.3 Å². The molecule has 252 valence electrons. The standard InChI is InChI=1S/C28H39ClN7O8PS/c1-5-41-26(39)31-15-27(2,3)25(38)46-12-11-42-45(40,35-13-18-9-7-6-8-10-18)43-14-19-21(37)28(4,29)24(44-19)36-17-34-20-22(30)32-16-33-23(20)36/h6-10,16-17,19,21,24,37H,5,11-15H2,1-4H3,(H,31,39)(H,35,40)(H2,30,32,33)/t19-,21-,24-,28-,45-/m1/s1. The van der Waals surface area contributed by atoms with Gasteiger partial charge in [0.05, 0.1) is 31.6 Å². The van der Waals surface area contributed by atoms with Crippen LogP contribution >= 0.6 is 31.1 Å². The number of rotatable bonds is 15. The van der Waals surface area contributed by atoms with Gasteiger partial charge in [-0.3, -0.25) is 18.4 Å². The molecular weight excluding hydrogens is 661 g/mol. The van der Waals surface area contributed by atoms with Gasteiger partial charge < -0.3 is 25.6 Å². The summed E-state index contributed by atoms with van der Waals surface area (Å²) in [5.74, 6) is 0.336. The van der Waals surface area contributed by atoms with Crippen molar-refractivity contribution in [3.8, 4) is 0 Å². The van der Waals surface area contributed by atoms with E-state index < -0.39 is 42.6 Å². The van der Waals surface area contributed by atoms with Crippen molar-refractivity contribution in [1.29, 1.82) is 0 Å². The average molecular weight is 700 g/mol. The molecule has 1 aliphatic rings. The first-order chi connectivity index (χ1) is 21.8. The zero-order valence-electron chi connectivity index (χ0n) is 25.9. The van der Waals surface area contributed by atoms with Crippen molar-refractivity contribution in [2.75, 3.05) is 37.9 Å². The number of alkyl halides is 1. The number of benzene rings is 1. The molecule has 1 saturated heterocycles. The van der Waals surface area contributed by atoms with Crippen LogP contribution in [0, 0.1) is 5.41 Å². The molecule has 0 unspecified atom stereocenters. The summed E-state index contributed by atoms with van der Waals surface area (Å²) >= 11 is 7.77. The number of imidazole rings is 1. The summed E-state index contributed by atoms with van der Waals surface area (Å²) in [6, 6.07) is 9.23. The normalized spacial score (nSPS) is 22.9. The van der Waals surface area contributed by atoms with Crippen LogP contribution in [0.1, 0.15) is 39.5 Å². The van der Waals surface area contributed by atoms with Crippen molar-refractivity contribution in [2.45, 2.75) is 57.5 Å². The molecule has 3 aromatic rings. The van der Waals surface area contributed by atoms with Crippen molar-refractivity contribution in [2.24, 2.45) is 5.41 Å². The molecule has 0 radical (unpaired) electrons. The number of nitrogens with two attached hydrogens (primary N) is 1. The Labute approximate surface area is 275 Å². The number of fused-ring (bicyclic) bond motifs is 1. The predicted molar refractivity (Wildman–Crippen MR) is 173 cm³/mol. The van der Waals surface area contributed by atoms with Crippen LogP contribution in [0.5, 0.6) is 0 Å². The first-order valence-corrected chi connectivity index (χ1v) is 17.4. The van der Waals surface area contributed by atoms with Gasteiger partial charge in [0.1, 0.15) is 28.9 Å². The second-order valence-electron chi connectivity index (χ2n) is 11.2. The molecule has 5 N–H and O–H groups in total. The van der Waals surface area contributed by atoms with Gasteiger partial charge in [0.2, 0.25) is 0 Å². The topological polar surface area (TPSA) is 202 Å². The first kappa shape index (κ1) is 36.0. The maximum atomic E-state index is 13.9. The van der Waals surface area contributed by atoms with Crippen LogP contribution in [0.4, 0.5) is 10.6 Å². The number of nitrogens with one attached hydrogen (secondary N) is 2. The third-order valence-corrected chi connectivity index (χ3v) is 10.3. The summed E-state index contributed by atoms with van der Waals surface area (Å²) in [4.78, 5) is 35.5. The molecule has 0 aliphatic carbocycles. The van der Waals surface area contributed by atoms with Crippen LogP contribution in [-0.4, -0.2) is 85.0 Å². The number of nitrogens with zero attached hydrogens (tertiary/aromatic N) is 4. The van der Waals surface area contributed by atoms with E-state index in [1.165, 1.54) is 12.7 Å². The van der Waals surface area contributed by atoms with Gasteiger partial charge in [0, 0.05) is 18.8 Å². The van der Waals surface area contributed by atoms with Gasteiger partial charge in [-0.1, -0.05) is 55.9 Å². The summed E-state index contributed by atoms with van der Waals surface area (Å²) in [5.41, 5.74) is 6.57. The van der Waals surface area contributed by atoms with Crippen molar-refractivity contribution < 1.29 is 37.8 Å². The Morgan fingerprint density at radius 1 is 1.24 bits per heavy atom. The van der Waals surface area contributed by atoms with Gasteiger partial charge in [0.15, 0.2) is 22.8 Å². The highest BCUT2D eigenvalue weighted by Gasteiger charge is 2.54. The van der Waals surface area contributed by atoms with Crippen LogP contribution in [0.2, 0.25) is 0 Å². The number of hydrogen-bond acceptors (Lipinski definition) is 13. The summed E-state index contributed by atoms with van der Waals surface area (Å²) in [6.07, 6.45) is -1.07. The van der Waals surface area contributed by atoms with E-state index in [-0.39, 0.29) is 49.6 Å². The van der Waals surface area contributed by atoms with Gasteiger partial charge in [0.25, 0.3) is 0 Å². The second kappa shape index (κ2) is 15.4. The quantitative estimate of drug-likeness (QED) is 0.102. The number of halogens is 1. The number of nitrogen functional groups attached to an aromatic ring is 1. The molecule has 1 aliphatic heterocycles. The van der Waals surface area contributed by atoms with Crippen LogP contribution in [0.25, 0.3) is 11.2 Å². The van der Waals surface area contributed by atoms with E-state index in [1.54, 1.807) is 32.3 Å². The van der Waals surface area contributed by atoms with Gasteiger partial charge in [-0.2, -0.15) is 0 Å². The molecule has 15 nitrogen and oxygen atoms in total. The maximum absolute atomic E-state index is 13.9. The lowest BCUT2D eigenvalue weighted by Gasteiger charge is -2.26. The number of alkyl carbamates (subject to hydrolysis) is 1. The van der Waals surface area contributed by atoms with Crippen LogP contribution in [0.15, 0.2) is 43.0 Å². The number of aliphatic hydroxyl groups is 1. The minimum Gasteiger partial charge on any atom is -0.450 e. The largest absolute Gasteiger partial charge is 0.450 e. The number of carbonyl (C=O) groups excluding carboxylic acids is 2. The maximum Gasteiger partial charge on any atom is 0.407 e. The first-order valence-electron chi connectivity index (χ1n) is 14.5. The fraction of sp³-hybridized carbons (Fsp3) is 0.536. The molecule has 1 fully saturated rings. The lowest BCUT2D eigenvalue weighted by Crippen LogP contribution is -2.40. The summed E-state index contributed by atoms with van der Waals surface area (Å²) in [6.45, 7) is 6.69. The fourth-order valence-corrected chi connectivity index (χ4v) is 7.05. The highest BCUT2D eigenvalue weighted by atomic mass is 35.5. The van der Waals surface area contributed by atoms with E-state index >= 15 is 0 Å². The molecule has 46 heavy (non-hydrogen) atoms. The number of anilines is 1. The minimum atomic E-state index is -4.00. The zero-order valence-corrected chi connectivity index (χ0v) is 28.4. The highest BCUT2D eigenvalue weighted by Crippen LogP contribution is 2.48. The molecule has 3 heterocycles. The number of thioether (sulfide) groups is 1. The molecule has 0 spiro atoms. The molecule has 4 rings (SSSR count). The van der Waals surface area contributed by atoms with E-state index in [4.69, 9.17) is 35.9 Å². The Balaban J connectivity index is 1.39. The van der Waals surface area contributed by atoms with Gasteiger partial charge in [-0.25, -0.2) is 29.4 Å². The Morgan fingerprint density at radius 2 is 1.98 bits per heavy atom. The molecule has 0 saturated carbocycles. The number of amides is 1. The van der Waals surface area contributed by atoms with Crippen LogP contribution < -0.4 is 16.1 Å². The highest BCUT2D eigenvalue weighted by molar-refractivity contribution is 8.13. The van der Waals surface area contributed by atoms with Gasteiger partial charge >= 0.3 is 13.8 Å². The molecule has 2 aromatic heterocycles. The van der Waals surface area contributed by atoms with Crippen LogP contribution in [0.3, 0.4) is 0 Å². The van der Waals surface area contributed by atoms with E-state index in [1.807, 2.05) is 30.3 Å². The van der Waals surface area contributed by atoms with E-state index in [0.29, 0.717) is 11.2 Å². The second-order valence-corrected chi connectivity index (χ2v) is 15.0. The zero-order chi connectivity index (χ0) is 33.5. The third-order valence-electron chi connectivity index (χ3n) is 7.17. The van der Waals surface area contributed by atoms with Crippen molar-refractivity contribution >= 4 is 59.3 Å². The molecule has 0 bridgehead atoms. The summed E-state index contributed by atoms with van der Waals surface area (Å²) in [5, 5.41) is 16.3. The Bertz CT molecular complexity index is 1550. The number of aromatic nitrogens is 4. The molecule has 1 amide bonds. The number of aliphatic hydroxyl groups excluding tert-OH is 1. The average Bonchev–Trinajstić information content (AvgIpc) is 3.55. The molecular formula is C28H39ClN7O8PS. The summed E-state index contributed by atoms with van der Waals surface area (Å²) in [7, 11) is -4.00. The van der Waals surface area contributed by atoms with Crippen molar-refractivity contribution in [1.82, 2.24) is 29.9 Å². The summed E-state index contributed by atoms with van der Waals surface area (Å²) < 4.78 is 37.9. The van der Waals surface area contributed by atoms with E-state index in [2.05, 4.69) is 25.4 Å². The van der Waals surface area contributed by atoms with Crippen molar-refractivity contribution in [3.63, 3.8) is 0 Å². The Kier molecular flexibility index (Phi) is 12.1. The van der Waals surface area contributed by atoms with Crippen molar-refractivity contribution in [3.05, 3.63) is 48.5 Å². The Hall–Kier alpha value is -2.82. The Morgan fingerprint density at radius 3 is 2.70 bits per heavy atom. The lowest BCUT2D eigenvalue weighted by atomic mass is 9.96. The van der Waals surface area contributed by atoms with Crippen LogP contribution in [-0.2, 0) is 34.4 Å². The molecule has 1 aromatic carbocycles. The molecule has 5 atom stereocenters. The minimum absolute atomic E-state index is 0.0815. The SMILES string of the molecule is CCOC(=O)NCC(C)(C)C(=O)SCCO[P@](=O)(NCc1ccccc1)OC[C@H]1O[C@@H](n2cnc3c(N)ncnc32)[C@](C)(Cl)[C@@H]1O. The fourth-order valence-electron chi connectivity index (χ4n) is 4.51. The lowest BCUT2D eigenvalue weighted by molar-refractivity contribution is -0.117. The third kappa shape index (κ3) is 8.75. The number of ether oxygens (including phenoxy) is 2. The predicted octanol–water partition coefficient (Wildman–Crippen LogP) is 3.63. The number of carbonyl (C=O) groups is 2. The van der Waals surface area contributed by atoms with Gasteiger partial charge in [-0.15, -0.1) is 11.6 Å². The van der Waals surface area contributed by atoms with Gasteiger partial charge in [-0.05, 0) is 19.4 Å². The number of hydrogen-bond donors (Lipinski definition) is 4.